The minimum Gasteiger partial charge on any atom is -0.358 e. The third-order valence-corrected chi connectivity index (χ3v) is 6.93. The summed E-state index contributed by atoms with van der Waals surface area (Å²) in [5.74, 6) is -0.538. The van der Waals surface area contributed by atoms with Crippen LogP contribution in [-0.2, 0) is 9.59 Å². The van der Waals surface area contributed by atoms with Crippen LogP contribution < -0.4 is 10.6 Å². The zero-order valence-electron chi connectivity index (χ0n) is 18.8. The second kappa shape index (κ2) is 8.17. The van der Waals surface area contributed by atoms with Gasteiger partial charge in [0.05, 0.1) is 11.1 Å². The molecule has 1 aromatic heterocycles. The first-order valence-electron chi connectivity index (χ1n) is 11.4. The molecule has 1 aromatic carbocycles. The number of hydrogen-bond acceptors (Lipinski definition) is 3. The Hall–Kier alpha value is -3.42. The quantitative estimate of drug-likeness (QED) is 0.492. The zero-order chi connectivity index (χ0) is 23.3. The molecule has 3 N–H and O–H groups in total. The molecule has 0 bridgehead atoms. The van der Waals surface area contributed by atoms with Gasteiger partial charge in [0.15, 0.2) is 0 Å². The molecule has 1 saturated carbocycles. The summed E-state index contributed by atoms with van der Waals surface area (Å²) >= 11 is 0. The van der Waals surface area contributed by atoms with Crippen LogP contribution in [0.4, 0.5) is 10.1 Å². The van der Waals surface area contributed by atoms with Crippen molar-refractivity contribution in [3.63, 3.8) is 0 Å². The average molecular weight is 451 g/mol. The van der Waals surface area contributed by atoms with E-state index in [9.17, 15) is 18.8 Å². The molecule has 2 aliphatic heterocycles. The van der Waals surface area contributed by atoms with Gasteiger partial charge in [-0.15, -0.1) is 0 Å². The Balaban J connectivity index is 1.31. The number of benzene rings is 1. The highest BCUT2D eigenvalue weighted by Crippen LogP contribution is 2.34. The van der Waals surface area contributed by atoms with Gasteiger partial charge in [0.2, 0.25) is 5.91 Å². The van der Waals surface area contributed by atoms with Gasteiger partial charge in [0.25, 0.3) is 11.8 Å². The summed E-state index contributed by atoms with van der Waals surface area (Å²) in [4.78, 5) is 42.9. The lowest BCUT2D eigenvalue weighted by atomic mass is 9.85. The lowest BCUT2D eigenvalue weighted by Crippen LogP contribution is -2.39. The van der Waals surface area contributed by atoms with E-state index in [1.54, 1.807) is 12.1 Å². The molecular weight excluding hydrogens is 423 g/mol. The fraction of sp³-hybridized carbons (Fsp3) is 0.400. The van der Waals surface area contributed by atoms with E-state index >= 15 is 0 Å². The maximum absolute atomic E-state index is 13.7. The highest BCUT2D eigenvalue weighted by Gasteiger charge is 2.34. The highest BCUT2D eigenvalue weighted by atomic mass is 19.1. The van der Waals surface area contributed by atoms with Crippen LogP contribution in [0.3, 0.4) is 0 Å². The highest BCUT2D eigenvalue weighted by molar-refractivity contribution is 6.34. The fourth-order valence-electron chi connectivity index (χ4n) is 4.98. The van der Waals surface area contributed by atoms with Gasteiger partial charge >= 0.3 is 0 Å². The summed E-state index contributed by atoms with van der Waals surface area (Å²) in [5, 5.41) is 5.87. The van der Waals surface area contributed by atoms with Gasteiger partial charge < -0.3 is 20.5 Å². The Bertz CT molecular complexity index is 1190. The number of carbonyl (C=O) groups excluding carboxylic acids is 3. The third-order valence-electron chi connectivity index (χ3n) is 6.93. The van der Waals surface area contributed by atoms with Crippen molar-refractivity contribution in [1.82, 2.24) is 15.2 Å². The first-order valence-corrected chi connectivity index (χ1v) is 11.4. The minimum atomic E-state index is -0.415. The molecule has 8 heteroatoms. The molecule has 33 heavy (non-hydrogen) atoms. The molecule has 3 aliphatic rings. The summed E-state index contributed by atoms with van der Waals surface area (Å²) in [7, 11) is 0. The molecule has 1 saturated heterocycles. The standard InChI is InChI=1S/C25H27FN4O3/c1-13-21(12-19-18-11-16(26)5-8-20(18)29-23(19)31)27-14(2)22(13)24(32)28-17-6-3-15(4-7-17)25(33)30-9-10-30/h5,8,11-12,15,17,27H,3-4,6-7,9-10H2,1-2H3,(H,28,32)(H,29,31)/b19-12-/t15-,17+. The molecule has 0 spiro atoms. The van der Waals surface area contributed by atoms with Gasteiger partial charge in [0, 0.05) is 47.7 Å². The second-order valence-corrected chi connectivity index (χ2v) is 9.21. The van der Waals surface area contributed by atoms with Gasteiger partial charge in [-0.05, 0) is 69.4 Å². The first kappa shape index (κ1) is 21.4. The minimum absolute atomic E-state index is 0.0433. The summed E-state index contributed by atoms with van der Waals surface area (Å²) in [5.41, 5.74) is 4.08. The predicted molar refractivity (Wildman–Crippen MR) is 123 cm³/mol. The number of nitrogens with one attached hydrogen (secondary N) is 3. The van der Waals surface area contributed by atoms with Crippen LogP contribution in [0.2, 0.25) is 0 Å². The number of fused-ring (bicyclic) bond motifs is 1. The van der Waals surface area contributed by atoms with Gasteiger partial charge in [0.1, 0.15) is 5.82 Å². The van der Waals surface area contributed by atoms with E-state index < -0.39 is 5.82 Å². The molecule has 0 radical (unpaired) electrons. The number of amides is 3. The number of aromatic amines is 1. The fourth-order valence-corrected chi connectivity index (χ4v) is 4.98. The number of halogens is 1. The second-order valence-electron chi connectivity index (χ2n) is 9.21. The zero-order valence-corrected chi connectivity index (χ0v) is 18.8. The van der Waals surface area contributed by atoms with E-state index in [1.165, 1.54) is 12.1 Å². The van der Waals surface area contributed by atoms with Crippen molar-refractivity contribution >= 4 is 35.1 Å². The Morgan fingerprint density at radius 1 is 1.15 bits per heavy atom. The van der Waals surface area contributed by atoms with Crippen molar-refractivity contribution in [1.29, 1.82) is 0 Å². The number of carbonyl (C=O) groups is 3. The smallest absolute Gasteiger partial charge is 0.256 e. The largest absolute Gasteiger partial charge is 0.358 e. The molecule has 2 fully saturated rings. The van der Waals surface area contributed by atoms with Crippen molar-refractivity contribution in [3.8, 4) is 0 Å². The summed E-state index contributed by atoms with van der Waals surface area (Å²) in [6.45, 7) is 5.42. The number of hydrogen-bond donors (Lipinski definition) is 3. The maximum atomic E-state index is 13.7. The molecule has 3 heterocycles. The van der Waals surface area contributed by atoms with Crippen LogP contribution in [0.1, 0.15) is 58.6 Å². The lowest BCUT2D eigenvalue weighted by molar-refractivity contribution is -0.130. The third kappa shape index (κ3) is 4.05. The molecule has 2 aromatic rings. The lowest BCUT2D eigenvalue weighted by Gasteiger charge is -2.28. The van der Waals surface area contributed by atoms with Gasteiger partial charge in [-0.1, -0.05) is 0 Å². The number of aromatic nitrogens is 1. The van der Waals surface area contributed by atoms with E-state index in [1.807, 2.05) is 18.7 Å². The first-order chi connectivity index (χ1) is 15.8. The van der Waals surface area contributed by atoms with Crippen LogP contribution >= 0.6 is 0 Å². The van der Waals surface area contributed by atoms with Crippen LogP contribution in [-0.4, -0.2) is 46.7 Å². The maximum Gasteiger partial charge on any atom is 0.256 e. The summed E-state index contributed by atoms with van der Waals surface area (Å²) in [6.07, 6.45) is 4.85. The Morgan fingerprint density at radius 3 is 2.58 bits per heavy atom. The topological polar surface area (TPSA) is 94.1 Å². The van der Waals surface area contributed by atoms with Gasteiger partial charge in [-0.25, -0.2) is 4.39 Å². The summed E-state index contributed by atoms with van der Waals surface area (Å²) in [6, 6.07) is 4.22. The van der Waals surface area contributed by atoms with Crippen molar-refractivity contribution in [2.75, 3.05) is 18.4 Å². The summed E-state index contributed by atoms with van der Waals surface area (Å²) < 4.78 is 13.7. The van der Waals surface area contributed by atoms with Crippen LogP contribution in [0.5, 0.6) is 0 Å². The average Bonchev–Trinajstić information content (AvgIpc) is 3.53. The Kier molecular flexibility index (Phi) is 5.31. The monoisotopic (exact) mass is 450 g/mol. The molecule has 1 aliphatic carbocycles. The van der Waals surface area contributed by atoms with Gasteiger partial charge in [-0.3, -0.25) is 14.4 Å². The molecule has 5 rings (SSSR count). The molecule has 0 unspecified atom stereocenters. The van der Waals surface area contributed by atoms with Crippen LogP contribution in [0, 0.1) is 25.6 Å². The molecular formula is C25H27FN4O3. The van der Waals surface area contributed by atoms with E-state index in [-0.39, 0.29) is 29.7 Å². The molecule has 3 amide bonds. The molecule has 172 valence electrons. The number of anilines is 1. The molecule has 0 atom stereocenters. The van der Waals surface area contributed by atoms with Crippen molar-refractivity contribution < 1.29 is 18.8 Å². The Morgan fingerprint density at radius 2 is 1.88 bits per heavy atom. The molecule has 7 nitrogen and oxygen atoms in total. The predicted octanol–water partition coefficient (Wildman–Crippen LogP) is 3.39. The number of aryl methyl sites for hydroxylation is 1. The Labute approximate surface area is 191 Å². The number of rotatable bonds is 4. The normalized spacial score (nSPS) is 22.8. The van der Waals surface area contributed by atoms with E-state index in [2.05, 4.69) is 15.6 Å². The van der Waals surface area contributed by atoms with Crippen molar-refractivity contribution in [2.24, 2.45) is 5.92 Å². The van der Waals surface area contributed by atoms with Crippen molar-refractivity contribution in [3.05, 3.63) is 52.1 Å². The SMILES string of the molecule is Cc1[nH]c(/C=C2\C(=O)Nc3ccc(F)cc32)c(C)c1C(=O)N[C@H]1CC[C@@H](C(=O)N2CC2)CC1. The number of H-pyrrole nitrogens is 1. The van der Waals surface area contributed by atoms with Crippen LogP contribution in [0.15, 0.2) is 18.2 Å². The number of nitrogens with zero attached hydrogens (tertiary/aromatic N) is 1. The van der Waals surface area contributed by atoms with Gasteiger partial charge in [-0.2, -0.15) is 0 Å². The van der Waals surface area contributed by atoms with Crippen molar-refractivity contribution in [2.45, 2.75) is 45.6 Å². The van der Waals surface area contributed by atoms with E-state index in [4.69, 9.17) is 0 Å². The van der Waals surface area contributed by atoms with E-state index in [0.29, 0.717) is 33.8 Å². The van der Waals surface area contributed by atoms with Crippen LogP contribution in [0.25, 0.3) is 11.6 Å². The van der Waals surface area contributed by atoms with E-state index in [0.717, 1.165) is 44.3 Å².